The Kier molecular flexibility index (Phi) is 10.4. The summed E-state index contributed by atoms with van der Waals surface area (Å²) in [6, 6.07) is 14.2. The first-order chi connectivity index (χ1) is 24.6. The first kappa shape index (κ1) is 35.9. The van der Waals surface area contributed by atoms with Crippen LogP contribution < -0.4 is 0 Å². The van der Waals surface area contributed by atoms with Gasteiger partial charge >= 0.3 is 5.97 Å². The molecule has 3 saturated heterocycles. The summed E-state index contributed by atoms with van der Waals surface area (Å²) in [5.41, 5.74) is 0.779. The number of fused-ring (bicyclic) bond motifs is 2. The number of nitrogens with zero attached hydrogens (tertiary/aromatic N) is 6. The van der Waals surface area contributed by atoms with Crippen molar-refractivity contribution in [3.8, 4) is 0 Å². The number of likely N-dealkylation sites (N-methyl/N-ethyl adjacent to an activating group) is 1. The number of likely N-dealkylation sites (tertiary alicyclic amines) is 1. The number of para-hydroxylation sites is 1. The van der Waals surface area contributed by atoms with Crippen LogP contribution in [0.2, 0.25) is 0 Å². The second-order valence-corrected chi connectivity index (χ2v) is 13.7. The first-order valence-corrected chi connectivity index (χ1v) is 17.5. The number of benzene rings is 2. The maximum absolute atomic E-state index is 14.7. The number of aliphatic hydroxyl groups is 1. The molecule has 6 rings (SSSR count). The maximum Gasteiger partial charge on any atom is 0.313 e. The summed E-state index contributed by atoms with van der Waals surface area (Å²) < 4.78 is 14.5. The third-order valence-electron chi connectivity index (χ3n) is 10.7. The van der Waals surface area contributed by atoms with Gasteiger partial charge in [-0.15, -0.1) is 18.3 Å². The number of allylic oxidation sites excluding steroid dienone is 1. The molecule has 0 unspecified atom stereocenters. The van der Waals surface area contributed by atoms with Gasteiger partial charge < -0.3 is 29.3 Å². The fraction of sp³-hybridized carbons (Fsp3) is 0.474. The molecule has 3 amide bonds. The lowest BCUT2D eigenvalue weighted by molar-refractivity contribution is -0.165. The highest BCUT2D eigenvalue weighted by atomic mass is 16.6. The summed E-state index contributed by atoms with van der Waals surface area (Å²) in [5, 5.41) is 18.8. The molecule has 1 N–H and O–H groups in total. The molecule has 13 nitrogen and oxygen atoms in total. The first-order valence-electron chi connectivity index (χ1n) is 17.5. The molecule has 0 aliphatic carbocycles. The molecule has 3 fully saturated rings. The van der Waals surface area contributed by atoms with Crippen molar-refractivity contribution in [2.45, 2.75) is 82.1 Å². The van der Waals surface area contributed by atoms with Crippen LogP contribution in [0, 0.1) is 11.8 Å². The van der Waals surface area contributed by atoms with E-state index in [1.165, 1.54) is 9.80 Å². The average Bonchev–Trinajstić information content (AvgIpc) is 3.91. The molecule has 3 aliphatic rings. The fourth-order valence-corrected chi connectivity index (χ4v) is 8.05. The van der Waals surface area contributed by atoms with Crippen LogP contribution in [0.4, 0.5) is 0 Å². The Hall–Kier alpha value is -4.88. The van der Waals surface area contributed by atoms with Crippen molar-refractivity contribution in [2.24, 2.45) is 11.8 Å². The van der Waals surface area contributed by atoms with Gasteiger partial charge in [0.05, 0.1) is 42.1 Å². The molecule has 4 heterocycles. The zero-order valence-electron chi connectivity index (χ0n) is 29.3. The Morgan fingerprint density at radius 1 is 1.12 bits per heavy atom. The zero-order chi connectivity index (χ0) is 36.4. The molecule has 0 radical (unpaired) electrons. The Morgan fingerprint density at radius 3 is 2.55 bits per heavy atom. The summed E-state index contributed by atoms with van der Waals surface area (Å²) in [6.07, 6.45) is 3.38. The van der Waals surface area contributed by atoms with Gasteiger partial charge in [-0.3, -0.25) is 19.2 Å². The van der Waals surface area contributed by atoms with Crippen LogP contribution in [0.3, 0.4) is 0 Å². The smallest absolute Gasteiger partial charge is 0.313 e. The summed E-state index contributed by atoms with van der Waals surface area (Å²) >= 11 is 0. The SMILES string of the molecule is C=CCCC(=O)N(C)[C@@H](C)[C@@H](OC(=O)[C@@H]1[C@@H]2CC[C@]3(O2)[C@H](C(=O)N(CC=C)Cn2nnc4ccccc42)N([C@H](C)CO)C(=O)[C@@H]13)c1ccccc1. The Bertz CT molecular complexity index is 1800. The summed E-state index contributed by atoms with van der Waals surface area (Å²) in [5.74, 6) is -3.60. The number of rotatable bonds is 15. The molecular formula is C38H46N6O7. The Balaban J connectivity index is 1.32. The molecule has 2 bridgehead atoms. The van der Waals surface area contributed by atoms with E-state index in [0.29, 0.717) is 30.3 Å². The van der Waals surface area contributed by atoms with Crippen molar-refractivity contribution in [3.63, 3.8) is 0 Å². The van der Waals surface area contributed by atoms with E-state index in [-0.39, 0.29) is 25.5 Å². The van der Waals surface area contributed by atoms with Crippen LogP contribution in [0.5, 0.6) is 0 Å². The van der Waals surface area contributed by atoms with E-state index in [0.717, 1.165) is 5.52 Å². The molecule has 3 aromatic rings. The minimum absolute atomic E-state index is 0.0305. The quantitative estimate of drug-likeness (QED) is 0.187. The summed E-state index contributed by atoms with van der Waals surface area (Å²) in [6.45, 7) is 10.8. The molecule has 270 valence electrons. The fourth-order valence-electron chi connectivity index (χ4n) is 8.05. The summed E-state index contributed by atoms with van der Waals surface area (Å²) in [7, 11) is 1.68. The molecule has 0 saturated carbocycles. The third kappa shape index (κ3) is 6.33. The van der Waals surface area contributed by atoms with Crippen LogP contribution in [0.1, 0.15) is 51.2 Å². The lowest BCUT2D eigenvalue weighted by atomic mass is 9.70. The van der Waals surface area contributed by atoms with Gasteiger partial charge in [0.15, 0.2) is 0 Å². The van der Waals surface area contributed by atoms with Gasteiger partial charge in [-0.25, -0.2) is 4.68 Å². The van der Waals surface area contributed by atoms with Crippen molar-refractivity contribution in [3.05, 3.63) is 85.5 Å². The van der Waals surface area contributed by atoms with Gasteiger partial charge in [0.1, 0.15) is 29.9 Å². The highest BCUT2D eigenvalue weighted by Gasteiger charge is 2.75. The van der Waals surface area contributed by atoms with E-state index < -0.39 is 72.2 Å². The summed E-state index contributed by atoms with van der Waals surface area (Å²) in [4.78, 5) is 61.2. The Labute approximate surface area is 297 Å². The second-order valence-electron chi connectivity index (χ2n) is 13.7. The van der Waals surface area contributed by atoms with Crippen LogP contribution in [-0.4, -0.2) is 109 Å². The van der Waals surface area contributed by atoms with Crippen molar-refractivity contribution in [1.29, 1.82) is 0 Å². The number of hydrogen-bond acceptors (Lipinski definition) is 9. The number of hydrogen-bond donors (Lipinski definition) is 1. The Morgan fingerprint density at radius 2 is 1.84 bits per heavy atom. The number of carbonyl (C=O) groups excluding carboxylic acids is 4. The number of carbonyl (C=O) groups is 4. The van der Waals surface area contributed by atoms with E-state index in [2.05, 4.69) is 23.5 Å². The largest absolute Gasteiger partial charge is 0.455 e. The predicted molar refractivity (Wildman–Crippen MR) is 187 cm³/mol. The normalized spacial score (nSPS) is 25.3. The molecule has 2 aromatic carbocycles. The molecule has 1 aromatic heterocycles. The number of esters is 1. The maximum atomic E-state index is 14.7. The molecule has 1 spiro atoms. The highest BCUT2D eigenvalue weighted by Crippen LogP contribution is 2.59. The minimum atomic E-state index is -1.32. The molecule has 13 heteroatoms. The monoisotopic (exact) mass is 698 g/mol. The minimum Gasteiger partial charge on any atom is -0.455 e. The lowest BCUT2D eigenvalue weighted by Crippen LogP contribution is -2.58. The van der Waals surface area contributed by atoms with Gasteiger partial charge in [-0.2, -0.15) is 0 Å². The number of ether oxygens (including phenoxy) is 2. The predicted octanol–water partition coefficient (Wildman–Crippen LogP) is 3.26. The standard InChI is InChI=1S/C38H46N6O7/c1-6-8-18-30(46)41(5)25(4)33(26-14-10-9-11-15-26)50-37(49)31-29-19-20-38(51-29)32(31)35(47)44(24(3)22-45)34(38)36(48)42(21-7-2)23-43-28-17-13-12-16-27(28)39-40-43/h6-7,9-17,24-25,29,31-34,45H,1-2,8,18-23H2,3-5H3/t24-,25+,29+,31-,32-,33-,34+,38-/m1/s1. The van der Waals surface area contributed by atoms with E-state index in [1.54, 1.807) is 35.7 Å². The lowest BCUT2D eigenvalue weighted by Gasteiger charge is -2.38. The van der Waals surface area contributed by atoms with Crippen molar-refractivity contribution in [1.82, 2.24) is 29.7 Å². The zero-order valence-corrected chi connectivity index (χ0v) is 29.3. The number of amides is 3. The van der Waals surface area contributed by atoms with Crippen LogP contribution in [0.15, 0.2) is 79.9 Å². The van der Waals surface area contributed by atoms with E-state index >= 15 is 0 Å². The van der Waals surface area contributed by atoms with E-state index in [4.69, 9.17) is 9.47 Å². The van der Waals surface area contributed by atoms with Gasteiger partial charge in [0, 0.05) is 20.0 Å². The van der Waals surface area contributed by atoms with Crippen molar-refractivity contribution >= 4 is 34.7 Å². The van der Waals surface area contributed by atoms with E-state index in [1.807, 2.05) is 61.5 Å². The molecular weight excluding hydrogens is 652 g/mol. The topological polar surface area (TPSA) is 147 Å². The van der Waals surface area contributed by atoms with E-state index in [9.17, 15) is 24.3 Å². The van der Waals surface area contributed by atoms with Gasteiger partial charge in [-0.1, -0.05) is 59.8 Å². The van der Waals surface area contributed by atoms with Crippen LogP contribution in [-0.2, 0) is 35.3 Å². The second kappa shape index (κ2) is 14.8. The van der Waals surface area contributed by atoms with Crippen LogP contribution >= 0.6 is 0 Å². The van der Waals surface area contributed by atoms with Gasteiger partial charge in [0.2, 0.25) is 17.7 Å². The van der Waals surface area contributed by atoms with Crippen molar-refractivity contribution < 1.29 is 33.8 Å². The average molecular weight is 699 g/mol. The molecule has 3 aliphatic heterocycles. The van der Waals surface area contributed by atoms with Gasteiger partial charge in [0.25, 0.3) is 0 Å². The van der Waals surface area contributed by atoms with Gasteiger partial charge in [-0.05, 0) is 50.8 Å². The molecule has 51 heavy (non-hydrogen) atoms. The third-order valence-corrected chi connectivity index (χ3v) is 10.7. The van der Waals surface area contributed by atoms with Crippen LogP contribution in [0.25, 0.3) is 11.0 Å². The highest BCUT2D eigenvalue weighted by molar-refractivity contribution is 5.98. The van der Waals surface area contributed by atoms with Crippen molar-refractivity contribution in [2.75, 3.05) is 20.2 Å². The number of aliphatic hydroxyl groups excluding tert-OH is 1. The number of aromatic nitrogens is 3. The molecule has 8 atom stereocenters.